The minimum absolute atomic E-state index is 0.0143. The number of carboxylic acid groups (broad SMARTS) is 2. The number of aliphatic carboxylic acids is 1. The van der Waals surface area contributed by atoms with Crippen molar-refractivity contribution in [3.63, 3.8) is 0 Å². The number of hydrogen-bond donors (Lipinski definition) is 7. The molecular weight excluding hydrogens is 698 g/mol. The Morgan fingerprint density at radius 1 is 1.00 bits per heavy atom. The molecule has 0 amide bonds. The van der Waals surface area contributed by atoms with Gasteiger partial charge < -0.3 is 40.7 Å². The molecule has 0 aromatic heterocycles. The molecule has 55 heavy (non-hydrogen) atoms. The van der Waals surface area contributed by atoms with E-state index in [2.05, 4.69) is 38.2 Å². The van der Waals surface area contributed by atoms with E-state index in [1.165, 1.54) is 19.3 Å². The molecule has 2 aliphatic rings. The molecule has 0 spiro atoms. The van der Waals surface area contributed by atoms with Gasteiger partial charge >= 0.3 is 11.9 Å². The molecule has 2 aliphatic carbocycles. The van der Waals surface area contributed by atoms with Crippen LogP contribution in [0.25, 0.3) is 0 Å². The van der Waals surface area contributed by atoms with Crippen LogP contribution in [0.15, 0.2) is 114 Å². The highest BCUT2D eigenvalue weighted by Gasteiger charge is 2.59. The SMILES string of the molecule is COc1ccc(C(=O)O)cc1N[C@@H](c1ccc(O)cc1)[C@@H]1[C@@H]2[C@@H](C=C(C)[C@@H]1\C=C/C=C/C=C\[C@@H](O)[C@H](C)[C@H](O)C/C=C(C)/C=C/C(=O)O)[C@](C)(O)CC2(C)C. The van der Waals surface area contributed by atoms with Gasteiger partial charge in [-0.3, -0.25) is 0 Å². The van der Waals surface area contributed by atoms with Crippen LogP contribution in [-0.4, -0.2) is 67.5 Å². The van der Waals surface area contributed by atoms with Crippen LogP contribution in [0.4, 0.5) is 5.69 Å². The monoisotopic (exact) mass is 755 g/mol. The van der Waals surface area contributed by atoms with Gasteiger partial charge in [0.25, 0.3) is 0 Å². The van der Waals surface area contributed by atoms with Crippen LogP contribution >= 0.6 is 0 Å². The molecule has 1 saturated carbocycles. The second-order valence-electron chi connectivity index (χ2n) is 15.9. The number of aromatic hydroxyl groups is 1. The van der Waals surface area contributed by atoms with E-state index in [4.69, 9.17) is 9.84 Å². The molecule has 1 fully saturated rings. The maximum Gasteiger partial charge on any atom is 0.335 e. The molecule has 0 bridgehead atoms. The molecule has 0 aliphatic heterocycles. The number of phenols is 1. The van der Waals surface area contributed by atoms with Gasteiger partial charge in [-0.1, -0.05) is 98.7 Å². The predicted molar refractivity (Wildman–Crippen MR) is 215 cm³/mol. The van der Waals surface area contributed by atoms with E-state index in [1.54, 1.807) is 56.3 Å². The highest BCUT2D eigenvalue weighted by atomic mass is 16.5. The molecule has 4 rings (SSSR count). The van der Waals surface area contributed by atoms with Crippen molar-refractivity contribution in [1.29, 1.82) is 0 Å². The summed E-state index contributed by atoms with van der Waals surface area (Å²) in [5, 5.41) is 65.7. The smallest absolute Gasteiger partial charge is 0.335 e. The fourth-order valence-corrected chi connectivity index (χ4v) is 8.58. The number of allylic oxidation sites excluding steroid dienone is 8. The Hall–Kier alpha value is -4.90. The average molecular weight is 756 g/mol. The van der Waals surface area contributed by atoms with E-state index in [-0.39, 0.29) is 46.8 Å². The van der Waals surface area contributed by atoms with Crippen molar-refractivity contribution < 1.29 is 45.0 Å². The van der Waals surface area contributed by atoms with Crippen molar-refractivity contribution in [2.75, 3.05) is 12.4 Å². The van der Waals surface area contributed by atoms with Gasteiger partial charge in [0, 0.05) is 23.8 Å². The van der Waals surface area contributed by atoms with E-state index in [1.807, 2.05) is 37.3 Å². The first-order valence-electron chi connectivity index (χ1n) is 18.7. The van der Waals surface area contributed by atoms with Gasteiger partial charge in [0.15, 0.2) is 0 Å². The summed E-state index contributed by atoms with van der Waals surface area (Å²) in [4.78, 5) is 22.8. The first-order valence-corrected chi connectivity index (χ1v) is 18.7. The summed E-state index contributed by atoms with van der Waals surface area (Å²) in [5.74, 6) is -2.41. The van der Waals surface area contributed by atoms with Crippen LogP contribution in [0.5, 0.6) is 11.5 Å². The number of anilines is 1. The van der Waals surface area contributed by atoms with Crippen molar-refractivity contribution in [3.8, 4) is 11.5 Å². The minimum atomic E-state index is -1.06. The number of carboxylic acids is 2. The molecule has 2 aromatic rings. The number of carbonyl (C=O) groups is 2. The molecule has 7 N–H and O–H groups in total. The lowest BCUT2D eigenvalue weighted by Gasteiger charge is -2.48. The normalized spacial score (nSPS) is 26.2. The zero-order chi connectivity index (χ0) is 40.7. The maximum absolute atomic E-state index is 12.0. The second-order valence-corrected chi connectivity index (χ2v) is 15.9. The Labute approximate surface area is 324 Å². The number of hydrogen-bond acceptors (Lipinski definition) is 8. The van der Waals surface area contributed by atoms with Gasteiger partial charge in [0.1, 0.15) is 11.5 Å². The van der Waals surface area contributed by atoms with E-state index >= 15 is 0 Å². The third-order valence-corrected chi connectivity index (χ3v) is 11.3. The van der Waals surface area contributed by atoms with Crippen molar-refractivity contribution in [2.45, 2.75) is 78.2 Å². The quantitative estimate of drug-likeness (QED) is 0.0507. The van der Waals surface area contributed by atoms with E-state index in [0.717, 1.165) is 17.2 Å². The Morgan fingerprint density at radius 3 is 2.31 bits per heavy atom. The highest BCUT2D eigenvalue weighted by Crippen LogP contribution is 2.62. The molecule has 9 atom stereocenters. The lowest BCUT2D eigenvalue weighted by molar-refractivity contribution is -0.131. The summed E-state index contributed by atoms with van der Waals surface area (Å²) in [6, 6.07) is 11.3. The van der Waals surface area contributed by atoms with E-state index < -0.39 is 41.7 Å². The van der Waals surface area contributed by atoms with E-state index in [0.29, 0.717) is 23.4 Å². The van der Waals surface area contributed by atoms with Gasteiger partial charge in [-0.25, -0.2) is 9.59 Å². The Balaban J connectivity index is 1.67. The maximum atomic E-state index is 12.0. The lowest BCUT2D eigenvalue weighted by Crippen LogP contribution is -2.44. The Bertz CT molecular complexity index is 1850. The van der Waals surface area contributed by atoms with Crippen molar-refractivity contribution >= 4 is 17.6 Å². The molecule has 2 aromatic carbocycles. The lowest BCUT2D eigenvalue weighted by atomic mass is 9.58. The number of phenolic OH excluding ortho intramolecular Hbond substituents is 1. The van der Waals surface area contributed by atoms with E-state index in [9.17, 15) is 35.1 Å². The van der Waals surface area contributed by atoms with Gasteiger partial charge in [0.2, 0.25) is 0 Å². The zero-order valence-electron chi connectivity index (χ0n) is 32.8. The molecule has 10 heteroatoms. The van der Waals surface area contributed by atoms with Gasteiger partial charge in [0.05, 0.1) is 42.2 Å². The largest absolute Gasteiger partial charge is 0.508 e. The number of rotatable bonds is 16. The second kappa shape index (κ2) is 18.2. The van der Waals surface area contributed by atoms with Crippen LogP contribution in [0.2, 0.25) is 0 Å². The first-order chi connectivity index (χ1) is 25.9. The summed E-state index contributed by atoms with van der Waals surface area (Å²) in [6.07, 6.45) is 16.7. The summed E-state index contributed by atoms with van der Waals surface area (Å²) < 4.78 is 5.69. The van der Waals surface area contributed by atoms with Gasteiger partial charge in [-0.15, -0.1) is 0 Å². The predicted octanol–water partition coefficient (Wildman–Crippen LogP) is 7.86. The van der Waals surface area contributed by atoms with Crippen LogP contribution < -0.4 is 10.1 Å². The van der Waals surface area contributed by atoms with Crippen molar-refractivity contribution in [1.82, 2.24) is 0 Å². The fraction of sp³-hybridized carbons (Fsp3) is 0.422. The number of fused-ring (bicyclic) bond motifs is 1. The molecule has 296 valence electrons. The summed E-state index contributed by atoms with van der Waals surface area (Å²) >= 11 is 0. The standard InChI is InChI=1S/C45H57NO9/c1-27(15-23-39(50)51)14-21-37(49)29(3)36(48)13-11-9-8-10-12-33-28(2)24-34-41(44(4,5)26-45(34,6)54)40(33)42(30-16-19-32(47)20-17-30)46-35-25-31(43(52)53)18-22-38(35)55-7/h8-20,22-25,29,33-34,36-37,40-42,46-49,54H,21,26H2,1-7H3,(H,50,51)(H,52,53)/b9-8+,12-10-,13-11-,23-15+,27-14+/t29-,33-,34+,36+,37+,40-,41-,42-,45+/m0/s1. The molecule has 0 saturated heterocycles. The number of aliphatic hydroxyl groups excluding tert-OH is 2. The van der Waals surface area contributed by atoms with Gasteiger partial charge in [-0.2, -0.15) is 0 Å². The summed E-state index contributed by atoms with van der Waals surface area (Å²) in [5.41, 5.74) is 2.05. The van der Waals surface area contributed by atoms with Crippen molar-refractivity contribution in [2.24, 2.45) is 35.0 Å². The number of methoxy groups -OCH3 is 1. The number of nitrogens with one attached hydrogen (secondary N) is 1. The van der Waals surface area contributed by atoms with Crippen LogP contribution in [0, 0.1) is 35.0 Å². The minimum Gasteiger partial charge on any atom is -0.508 e. The molecule has 0 heterocycles. The first kappa shape index (κ1) is 42.8. The van der Waals surface area contributed by atoms with Crippen molar-refractivity contribution in [3.05, 3.63) is 125 Å². The molecule has 0 radical (unpaired) electrons. The number of ether oxygens (including phenoxy) is 1. The topological polar surface area (TPSA) is 177 Å². The molecular formula is C45H57NO9. The molecule has 0 unspecified atom stereocenters. The summed E-state index contributed by atoms with van der Waals surface area (Å²) in [7, 11) is 1.54. The Kier molecular flexibility index (Phi) is 14.1. The third kappa shape index (κ3) is 10.7. The highest BCUT2D eigenvalue weighted by molar-refractivity contribution is 5.89. The Morgan fingerprint density at radius 2 is 1.67 bits per heavy atom. The number of benzene rings is 2. The summed E-state index contributed by atoms with van der Waals surface area (Å²) in [6.45, 7) is 11.9. The van der Waals surface area contributed by atoms with Gasteiger partial charge in [-0.05, 0) is 86.8 Å². The molecule has 10 nitrogen and oxygen atoms in total. The number of aromatic carboxylic acids is 1. The zero-order valence-corrected chi connectivity index (χ0v) is 32.8. The third-order valence-electron chi connectivity index (χ3n) is 11.3. The van der Waals surface area contributed by atoms with Crippen LogP contribution in [-0.2, 0) is 4.79 Å². The fourth-order valence-electron chi connectivity index (χ4n) is 8.58. The number of aliphatic hydroxyl groups is 3. The average Bonchev–Trinajstić information content (AvgIpc) is 3.31. The van der Waals surface area contributed by atoms with Crippen LogP contribution in [0.3, 0.4) is 0 Å². The van der Waals surface area contributed by atoms with Crippen LogP contribution in [0.1, 0.15) is 76.3 Å².